The Bertz CT molecular complexity index is 829. The fraction of sp³-hybridized carbons (Fsp3) is 0.526. The van der Waals surface area contributed by atoms with E-state index in [9.17, 15) is 27.6 Å². The molecule has 2 saturated carbocycles. The van der Waals surface area contributed by atoms with E-state index >= 15 is 0 Å². The molecular weight excluding hydrogens is 397 g/mol. The smallest absolute Gasteiger partial charge is 0.325 e. The highest BCUT2D eigenvalue weighted by molar-refractivity contribution is 6.33. The van der Waals surface area contributed by atoms with Gasteiger partial charge in [0.2, 0.25) is 17.7 Å². The van der Waals surface area contributed by atoms with E-state index in [1.807, 2.05) is 0 Å². The van der Waals surface area contributed by atoms with Gasteiger partial charge >= 0.3 is 6.18 Å². The van der Waals surface area contributed by atoms with Crippen molar-refractivity contribution in [3.05, 3.63) is 28.8 Å². The fourth-order valence-corrected chi connectivity index (χ4v) is 5.08. The average Bonchev–Trinajstić information content (AvgIpc) is 3.29. The number of likely N-dealkylation sites (tertiary alicyclic amines) is 1. The molecule has 28 heavy (non-hydrogen) atoms. The Morgan fingerprint density at radius 2 is 1.75 bits per heavy atom. The molecule has 0 aromatic heterocycles. The SMILES string of the molecule is O=C(CCN1C(=O)[C@@H]2[C@H]3CC[C@@H](C3)[C@H]2C1=O)Nc1cc(C(F)(F)F)ccc1Cl. The van der Waals surface area contributed by atoms with E-state index in [0.29, 0.717) is 0 Å². The average molecular weight is 415 g/mol. The van der Waals surface area contributed by atoms with E-state index in [4.69, 9.17) is 11.6 Å². The van der Waals surface area contributed by atoms with Crippen molar-refractivity contribution in [2.75, 3.05) is 11.9 Å². The van der Waals surface area contributed by atoms with Crippen LogP contribution in [0.4, 0.5) is 18.9 Å². The van der Waals surface area contributed by atoms with Crippen LogP contribution in [0.3, 0.4) is 0 Å². The van der Waals surface area contributed by atoms with Crippen molar-refractivity contribution in [3.63, 3.8) is 0 Å². The summed E-state index contributed by atoms with van der Waals surface area (Å²) < 4.78 is 38.5. The molecule has 3 aliphatic rings. The lowest BCUT2D eigenvalue weighted by atomic mass is 9.81. The molecule has 0 radical (unpaired) electrons. The van der Waals surface area contributed by atoms with Crippen LogP contribution in [0, 0.1) is 23.7 Å². The predicted octanol–water partition coefficient (Wildman–Crippen LogP) is 3.72. The lowest BCUT2D eigenvalue weighted by molar-refractivity contribution is -0.141. The number of fused-ring (bicyclic) bond motifs is 5. The van der Waals surface area contributed by atoms with Gasteiger partial charge in [-0.25, -0.2) is 0 Å². The number of amides is 3. The lowest BCUT2D eigenvalue weighted by Gasteiger charge is -2.19. The molecule has 1 aromatic carbocycles. The van der Waals surface area contributed by atoms with Crippen molar-refractivity contribution in [1.29, 1.82) is 0 Å². The number of rotatable bonds is 4. The predicted molar refractivity (Wildman–Crippen MR) is 94.2 cm³/mol. The second-order valence-electron chi connectivity index (χ2n) is 7.70. The first kappa shape index (κ1) is 19.2. The number of carbonyl (C=O) groups is 3. The number of imide groups is 1. The highest BCUT2D eigenvalue weighted by Gasteiger charge is 2.60. The number of nitrogens with one attached hydrogen (secondary N) is 1. The zero-order valence-corrected chi connectivity index (χ0v) is 15.5. The summed E-state index contributed by atoms with van der Waals surface area (Å²) in [5, 5.41) is 2.31. The maximum atomic E-state index is 12.8. The molecule has 3 amide bonds. The number of hydrogen-bond donors (Lipinski definition) is 1. The fourth-order valence-electron chi connectivity index (χ4n) is 4.91. The second kappa shape index (κ2) is 6.76. The molecule has 4 rings (SSSR count). The van der Waals surface area contributed by atoms with Gasteiger partial charge in [0.05, 0.1) is 28.1 Å². The third-order valence-corrected chi connectivity index (χ3v) is 6.48. The number of nitrogens with zero attached hydrogens (tertiary/aromatic N) is 1. The van der Waals surface area contributed by atoms with Crippen LogP contribution in [0.1, 0.15) is 31.2 Å². The van der Waals surface area contributed by atoms with E-state index in [-0.39, 0.29) is 59.2 Å². The number of anilines is 1. The van der Waals surface area contributed by atoms with Gasteiger partial charge in [-0.1, -0.05) is 11.6 Å². The van der Waals surface area contributed by atoms with Crippen molar-refractivity contribution < 1.29 is 27.6 Å². The molecule has 1 heterocycles. The molecule has 9 heteroatoms. The third-order valence-electron chi connectivity index (χ3n) is 6.15. The van der Waals surface area contributed by atoms with Crippen molar-refractivity contribution in [1.82, 2.24) is 4.90 Å². The second-order valence-corrected chi connectivity index (χ2v) is 8.11. The zero-order valence-electron chi connectivity index (χ0n) is 14.8. The summed E-state index contributed by atoms with van der Waals surface area (Å²) in [6.07, 6.45) is -1.90. The van der Waals surface area contributed by atoms with Crippen LogP contribution < -0.4 is 5.32 Å². The Morgan fingerprint density at radius 3 is 2.32 bits per heavy atom. The van der Waals surface area contributed by atoms with Crippen LogP contribution in [-0.4, -0.2) is 29.2 Å². The summed E-state index contributed by atoms with van der Waals surface area (Å²) in [6.45, 7) is -0.0769. The first-order valence-corrected chi connectivity index (χ1v) is 9.56. The van der Waals surface area contributed by atoms with E-state index in [0.717, 1.165) is 42.4 Å². The van der Waals surface area contributed by atoms with Gasteiger partial charge in [0.25, 0.3) is 0 Å². The van der Waals surface area contributed by atoms with Gasteiger partial charge in [-0.3, -0.25) is 19.3 Å². The van der Waals surface area contributed by atoms with Gasteiger partial charge in [0, 0.05) is 13.0 Å². The van der Waals surface area contributed by atoms with E-state index in [1.54, 1.807) is 0 Å². The highest BCUT2D eigenvalue weighted by Crippen LogP contribution is 2.56. The molecule has 3 fully saturated rings. The van der Waals surface area contributed by atoms with E-state index < -0.39 is 17.6 Å². The minimum atomic E-state index is -4.56. The molecule has 4 atom stereocenters. The summed E-state index contributed by atoms with van der Waals surface area (Å²) in [6, 6.07) is 2.64. The van der Waals surface area contributed by atoms with Crippen LogP contribution in [0.25, 0.3) is 0 Å². The molecule has 1 N–H and O–H groups in total. The quantitative estimate of drug-likeness (QED) is 0.764. The van der Waals surface area contributed by atoms with Gasteiger partial charge in [-0.2, -0.15) is 13.2 Å². The molecule has 2 bridgehead atoms. The van der Waals surface area contributed by atoms with Crippen molar-refractivity contribution >= 4 is 35.0 Å². The van der Waals surface area contributed by atoms with Gasteiger partial charge in [0.1, 0.15) is 0 Å². The number of halogens is 4. The number of carbonyl (C=O) groups excluding carboxylic acids is 3. The van der Waals surface area contributed by atoms with Crippen molar-refractivity contribution in [2.45, 2.75) is 31.9 Å². The molecule has 1 aliphatic heterocycles. The molecule has 150 valence electrons. The molecule has 1 aromatic rings. The zero-order chi connectivity index (χ0) is 20.2. The standard InChI is InChI=1S/C19H18ClF3N2O3/c20-12-4-3-11(19(21,22)23)8-13(12)24-14(26)5-6-25-17(27)15-9-1-2-10(7-9)16(15)18(25)28/h3-4,8-10,15-16H,1-2,5-7H2,(H,24,26)/t9-,10-,15+,16+/m0/s1. The molecular formula is C19H18ClF3N2O3. The molecule has 1 saturated heterocycles. The summed E-state index contributed by atoms with van der Waals surface area (Å²) in [5.74, 6) is -1.04. The molecule has 2 aliphatic carbocycles. The van der Waals surface area contributed by atoms with Gasteiger partial charge < -0.3 is 5.32 Å². The number of hydrogen-bond acceptors (Lipinski definition) is 3. The third kappa shape index (κ3) is 3.17. The van der Waals surface area contributed by atoms with Gasteiger partial charge in [-0.15, -0.1) is 0 Å². The first-order chi connectivity index (χ1) is 13.2. The molecule has 0 spiro atoms. The highest BCUT2D eigenvalue weighted by atomic mass is 35.5. The Hall–Kier alpha value is -2.09. The maximum absolute atomic E-state index is 12.8. The van der Waals surface area contributed by atoms with Crippen LogP contribution in [0.2, 0.25) is 5.02 Å². The maximum Gasteiger partial charge on any atom is 0.416 e. The van der Waals surface area contributed by atoms with Crippen LogP contribution in [0.15, 0.2) is 18.2 Å². The van der Waals surface area contributed by atoms with Crippen LogP contribution in [0.5, 0.6) is 0 Å². The normalized spacial score (nSPS) is 28.8. The minimum Gasteiger partial charge on any atom is -0.325 e. The van der Waals surface area contributed by atoms with Gasteiger partial charge in [0.15, 0.2) is 0 Å². The molecule has 5 nitrogen and oxygen atoms in total. The Labute approximate surface area is 164 Å². The summed E-state index contributed by atoms with van der Waals surface area (Å²) in [4.78, 5) is 38.5. The summed E-state index contributed by atoms with van der Waals surface area (Å²) in [5.41, 5.74) is -1.09. The Morgan fingerprint density at radius 1 is 1.14 bits per heavy atom. The largest absolute Gasteiger partial charge is 0.416 e. The Kier molecular flexibility index (Phi) is 4.64. The van der Waals surface area contributed by atoms with E-state index in [2.05, 4.69) is 5.32 Å². The van der Waals surface area contributed by atoms with E-state index in [1.165, 1.54) is 0 Å². The minimum absolute atomic E-state index is 0.0271. The Balaban J connectivity index is 1.39. The lowest BCUT2D eigenvalue weighted by Crippen LogP contribution is -2.35. The topological polar surface area (TPSA) is 66.5 Å². The van der Waals surface area contributed by atoms with Crippen LogP contribution in [-0.2, 0) is 20.6 Å². The molecule has 0 unspecified atom stereocenters. The first-order valence-electron chi connectivity index (χ1n) is 9.18. The monoisotopic (exact) mass is 414 g/mol. The van der Waals surface area contributed by atoms with Crippen molar-refractivity contribution in [2.24, 2.45) is 23.7 Å². The van der Waals surface area contributed by atoms with Crippen molar-refractivity contribution in [3.8, 4) is 0 Å². The number of alkyl halides is 3. The summed E-state index contributed by atoms with van der Waals surface area (Å²) in [7, 11) is 0. The van der Waals surface area contributed by atoms with Gasteiger partial charge in [-0.05, 0) is 49.3 Å². The number of benzene rings is 1. The summed E-state index contributed by atoms with van der Waals surface area (Å²) >= 11 is 5.87. The van der Waals surface area contributed by atoms with Crippen LogP contribution >= 0.6 is 11.6 Å².